The number of hydrogen-bond donors (Lipinski definition) is 1. The van der Waals surface area contributed by atoms with Gasteiger partial charge in [-0.05, 0) is 12.1 Å². The summed E-state index contributed by atoms with van der Waals surface area (Å²) in [4.78, 5) is 11.0. The normalized spacial score (nSPS) is 9.38. The van der Waals surface area contributed by atoms with Gasteiger partial charge in [0.25, 0.3) is 0 Å². The number of carbonyl (C=O) groups excluding carboxylic acids is 1. The zero-order valence-electron chi connectivity index (χ0n) is 7.83. The number of esters is 1. The third-order valence-corrected chi connectivity index (χ3v) is 1.67. The Morgan fingerprint density at radius 2 is 2.15 bits per heavy atom. The fourth-order valence-electron chi connectivity index (χ4n) is 0.957. The average Bonchev–Trinajstić information content (AvgIpc) is 2.18. The number of hydrogen-bond acceptors (Lipinski definition) is 3. The fraction of sp³-hybridized carbons (Fsp3) is 0.300. The van der Waals surface area contributed by atoms with Gasteiger partial charge < -0.3 is 10.1 Å². The highest BCUT2D eigenvalue weighted by atomic mass is 16.5. The van der Waals surface area contributed by atoms with Crippen LogP contribution in [0.4, 0.5) is 5.69 Å². The Morgan fingerprint density at radius 1 is 1.46 bits per heavy atom. The van der Waals surface area contributed by atoms with Crippen LogP contribution in [0.1, 0.15) is 13.3 Å². The lowest BCUT2D eigenvalue weighted by Gasteiger charge is -2.07. The number of ether oxygens (including phenoxy) is 1. The molecule has 0 aromatic heterocycles. The molecule has 0 aliphatic heterocycles. The maximum atomic E-state index is 11.0. The van der Waals surface area contributed by atoms with Gasteiger partial charge in [0, 0.05) is 13.5 Å². The highest BCUT2D eigenvalue weighted by Gasteiger charge is 2.04. The van der Waals surface area contributed by atoms with Crippen LogP contribution in [0, 0.1) is 0 Å². The van der Waals surface area contributed by atoms with Gasteiger partial charge in [-0.1, -0.05) is 19.1 Å². The third kappa shape index (κ3) is 2.47. The molecule has 0 unspecified atom stereocenters. The van der Waals surface area contributed by atoms with E-state index in [-0.39, 0.29) is 5.97 Å². The van der Waals surface area contributed by atoms with Gasteiger partial charge in [0.1, 0.15) is 0 Å². The summed E-state index contributed by atoms with van der Waals surface area (Å²) in [6.07, 6.45) is 0.387. The van der Waals surface area contributed by atoms with Gasteiger partial charge in [-0.2, -0.15) is 0 Å². The Bertz CT molecular complexity index is 297. The molecular weight excluding hydrogens is 166 g/mol. The van der Waals surface area contributed by atoms with Crippen molar-refractivity contribution < 1.29 is 9.53 Å². The van der Waals surface area contributed by atoms with Crippen molar-refractivity contribution in [2.45, 2.75) is 13.3 Å². The van der Waals surface area contributed by atoms with E-state index in [1.54, 1.807) is 20.0 Å². The molecule has 3 nitrogen and oxygen atoms in total. The van der Waals surface area contributed by atoms with Gasteiger partial charge in [-0.25, -0.2) is 0 Å². The highest BCUT2D eigenvalue weighted by Crippen LogP contribution is 2.23. The summed E-state index contributed by atoms with van der Waals surface area (Å²) < 4.78 is 5.08. The summed E-state index contributed by atoms with van der Waals surface area (Å²) in [7, 11) is 1.79. The zero-order chi connectivity index (χ0) is 9.68. The quantitative estimate of drug-likeness (QED) is 0.570. The largest absolute Gasteiger partial charge is 0.424 e. The van der Waals surface area contributed by atoms with Crippen LogP contribution in [-0.2, 0) is 4.79 Å². The summed E-state index contributed by atoms with van der Waals surface area (Å²) in [5.41, 5.74) is 0.823. The topological polar surface area (TPSA) is 38.3 Å². The minimum atomic E-state index is -0.220. The monoisotopic (exact) mass is 179 g/mol. The van der Waals surface area contributed by atoms with Crippen LogP contribution in [0.2, 0.25) is 0 Å². The first-order valence-electron chi connectivity index (χ1n) is 4.25. The SMILES string of the molecule is CCC(=O)Oc1ccccc1NC. The van der Waals surface area contributed by atoms with Crippen molar-refractivity contribution in [3.05, 3.63) is 24.3 Å². The lowest BCUT2D eigenvalue weighted by atomic mass is 10.3. The molecule has 0 amide bonds. The molecule has 0 saturated heterocycles. The van der Waals surface area contributed by atoms with Crippen molar-refractivity contribution >= 4 is 11.7 Å². The number of para-hydroxylation sites is 2. The van der Waals surface area contributed by atoms with Gasteiger partial charge in [-0.15, -0.1) is 0 Å². The summed E-state index contributed by atoms with van der Waals surface area (Å²) in [5.74, 6) is 0.361. The van der Waals surface area contributed by atoms with E-state index in [1.165, 1.54) is 0 Å². The first kappa shape index (κ1) is 9.58. The van der Waals surface area contributed by atoms with Crippen LogP contribution in [0.25, 0.3) is 0 Å². The minimum Gasteiger partial charge on any atom is -0.424 e. The molecule has 3 heteroatoms. The second-order valence-corrected chi connectivity index (χ2v) is 2.57. The van der Waals surface area contributed by atoms with Crippen LogP contribution in [0.5, 0.6) is 5.75 Å². The van der Waals surface area contributed by atoms with E-state index in [4.69, 9.17) is 4.74 Å². The Hall–Kier alpha value is -1.51. The molecule has 0 fully saturated rings. The molecular formula is C10H13NO2. The van der Waals surface area contributed by atoms with Crippen molar-refractivity contribution in [3.8, 4) is 5.75 Å². The second-order valence-electron chi connectivity index (χ2n) is 2.57. The van der Waals surface area contributed by atoms with E-state index in [2.05, 4.69) is 5.32 Å². The van der Waals surface area contributed by atoms with Crippen LogP contribution in [-0.4, -0.2) is 13.0 Å². The van der Waals surface area contributed by atoms with Gasteiger partial charge in [0.05, 0.1) is 5.69 Å². The summed E-state index contributed by atoms with van der Waals surface area (Å²) >= 11 is 0. The van der Waals surface area contributed by atoms with Gasteiger partial charge in [0.15, 0.2) is 5.75 Å². The molecule has 1 aromatic rings. The van der Waals surface area contributed by atoms with E-state index in [0.717, 1.165) is 5.69 Å². The Labute approximate surface area is 77.7 Å². The van der Waals surface area contributed by atoms with Crippen molar-refractivity contribution in [3.63, 3.8) is 0 Å². The van der Waals surface area contributed by atoms with Crippen LogP contribution in [0.3, 0.4) is 0 Å². The van der Waals surface area contributed by atoms with E-state index >= 15 is 0 Å². The van der Waals surface area contributed by atoms with E-state index in [9.17, 15) is 4.79 Å². The van der Waals surface area contributed by atoms with Crippen LogP contribution >= 0.6 is 0 Å². The van der Waals surface area contributed by atoms with Gasteiger partial charge in [-0.3, -0.25) is 4.79 Å². The number of nitrogens with one attached hydrogen (secondary N) is 1. The van der Waals surface area contributed by atoms with E-state index < -0.39 is 0 Å². The molecule has 0 aliphatic carbocycles. The maximum absolute atomic E-state index is 11.0. The fourth-order valence-corrected chi connectivity index (χ4v) is 0.957. The van der Waals surface area contributed by atoms with Gasteiger partial charge >= 0.3 is 5.97 Å². The molecule has 0 spiro atoms. The van der Waals surface area contributed by atoms with Crippen LogP contribution in [0.15, 0.2) is 24.3 Å². The van der Waals surface area contributed by atoms with Crippen molar-refractivity contribution in [1.29, 1.82) is 0 Å². The highest BCUT2D eigenvalue weighted by molar-refractivity contribution is 5.74. The predicted molar refractivity (Wildman–Crippen MR) is 51.9 cm³/mol. The number of anilines is 1. The molecule has 0 heterocycles. The molecule has 0 aliphatic rings. The molecule has 13 heavy (non-hydrogen) atoms. The maximum Gasteiger partial charge on any atom is 0.310 e. The lowest BCUT2D eigenvalue weighted by Crippen LogP contribution is -2.07. The van der Waals surface area contributed by atoms with Gasteiger partial charge in [0.2, 0.25) is 0 Å². The lowest BCUT2D eigenvalue weighted by molar-refractivity contribution is -0.133. The standard InChI is InChI=1S/C10H13NO2/c1-3-10(12)13-9-7-5-4-6-8(9)11-2/h4-7,11H,3H2,1-2H3. The number of benzene rings is 1. The van der Waals surface area contributed by atoms with E-state index in [0.29, 0.717) is 12.2 Å². The first-order chi connectivity index (χ1) is 6.27. The Balaban J connectivity index is 2.81. The molecule has 1 N–H and O–H groups in total. The Morgan fingerprint density at radius 3 is 2.77 bits per heavy atom. The van der Waals surface area contributed by atoms with Crippen molar-refractivity contribution in [1.82, 2.24) is 0 Å². The zero-order valence-corrected chi connectivity index (χ0v) is 7.83. The third-order valence-electron chi connectivity index (χ3n) is 1.67. The minimum absolute atomic E-state index is 0.220. The molecule has 0 bridgehead atoms. The molecule has 0 radical (unpaired) electrons. The molecule has 70 valence electrons. The summed E-state index contributed by atoms with van der Waals surface area (Å²) in [6, 6.07) is 7.34. The van der Waals surface area contributed by atoms with E-state index in [1.807, 2.05) is 18.2 Å². The smallest absolute Gasteiger partial charge is 0.310 e. The van der Waals surface area contributed by atoms with Crippen molar-refractivity contribution in [2.24, 2.45) is 0 Å². The first-order valence-corrected chi connectivity index (χ1v) is 4.25. The predicted octanol–water partition coefficient (Wildman–Crippen LogP) is 2.04. The number of carbonyl (C=O) groups is 1. The summed E-state index contributed by atoms with van der Waals surface area (Å²) in [6.45, 7) is 1.77. The molecule has 0 atom stereocenters. The Kier molecular flexibility index (Phi) is 3.31. The molecule has 0 saturated carbocycles. The van der Waals surface area contributed by atoms with Crippen molar-refractivity contribution in [2.75, 3.05) is 12.4 Å². The molecule has 1 aromatic carbocycles. The molecule has 1 rings (SSSR count). The average molecular weight is 179 g/mol. The summed E-state index contributed by atoms with van der Waals surface area (Å²) in [5, 5.41) is 2.95. The number of rotatable bonds is 3. The second kappa shape index (κ2) is 4.50. The van der Waals surface area contributed by atoms with Crippen LogP contribution < -0.4 is 10.1 Å².